The van der Waals surface area contributed by atoms with E-state index in [2.05, 4.69) is 21.1 Å². The SMILES string of the molecule is CC=CC(=O)OCCCOP(=O)(O)OCCCC[N+](C)(C)C. The fraction of sp³-hybridized carbons (Fsp3) is 0.786. The molecule has 0 saturated heterocycles. The molecule has 7 nitrogen and oxygen atoms in total. The minimum atomic E-state index is -4.01. The Morgan fingerprint density at radius 3 is 2.23 bits per heavy atom. The number of quaternary nitrogens is 1. The van der Waals surface area contributed by atoms with Gasteiger partial charge in [-0.15, -0.1) is 0 Å². The van der Waals surface area contributed by atoms with Crippen molar-refractivity contribution in [3.63, 3.8) is 0 Å². The quantitative estimate of drug-likeness (QED) is 0.193. The molecule has 1 N–H and O–H groups in total. The smallest absolute Gasteiger partial charge is 0.462 e. The van der Waals surface area contributed by atoms with Crippen LogP contribution in [0, 0.1) is 0 Å². The van der Waals surface area contributed by atoms with Gasteiger partial charge in [0, 0.05) is 12.5 Å². The lowest BCUT2D eigenvalue weighted by atomic mass is 10.3. The molecular formula is C14H29NO6P+. The van der Waals surface area contributed by atoms with E-state index in [0.717, 1.165) is 17.4 Å². The maximum atomic E-state index is 11.6. The third-order valence-electron chi connectivity index (χ3n) is 2.57. The highest BCUT2D eigenvalue weighted by molar-refractivity contribution is 7.47. The summed E-state index contributed by atoms with van der Waals surface area (Å²) in [5.74, 6) is -0.441. The first-order valence-electron chi connectivity index (χ1n) is 7.38. The van der Waals surface area contributed by atoms with Gasteiger partial charge in [-0.1, -0.05) is 6.08 Å². The van der Waals surface area contributed by atoms with Crippen molar-refractivity contribution in [1.82, 2.24) is 0 Å². The van der Waals surface area contributed by atoms with Crippen molar-refractivity contribution in [1.29, 1.82) is 0 Å². The largest absolute Gasteiger partial charge is 0.472 e. The van der Waals surface area contributed by atoms with Crippen LogP contribution in [0.5, 0.6) is 0 Å². The summed E-state index contributed by atoms with van der Waals surface area (Å²) in [6.45, 7) is 2.99. The molecule has 0 radical (unpaired) electrons. The van der Waals surface area contributed by atoms with Crippen molar-refractivity contribution in [3.8, 4) is 0 Å². The molecule has 0 rings (SSSR count). The number of carbonyl (C=O) groups excluding carboxylic acids is 1. The maximum absolute atomic E-state index is 11.6. The van der Waals surface area contributed by atoms with Gasteiger partial charge in [-0.3, -0.25) is 9.05 Å². The zero-order valence-electron chi connectivity index (χ0n) is 14.0. The first-order chi connectivity index (χ1) is 10.2. The van der Waals surface area contributed by atoms with Crippen LogP contribution in [0.3, 0.4) is 0 Å². The number of hydrogen-bond acceptors (Lipinski definition) is 5. The minimum absolute atomic E-state index is 0.00419. The molecule has 0 aromatic carbocycles. The number of ether oxygens (including phenoxy) is 1. The van der Waals surface area contributed by atoms with Crippen LogP contribution < -0.4 is 0 Å². The monoisotopic (exact) mass is 338 g/mol. The van der Waals surface area contributed by atoms with E-state index in [-0.39, 0.29) is 19.8 Å². The van der Waals surface area contributed by atoms with Gasteiger partial charge in [0.05, 0.1) is 47.5 Å². The standard InChI is InChI=1S/C14H28NO6P/c1-5-9-14(16)19-11-8-13-21-22(17,18)20-12-7-6-10-15(2,3)4/h5,9H,6-8,10-13H2,1-4H3/p+1. The van der Waals surface area contributed by atoms with Crippen molar-refractivity contribution < 1.29 is 32.5 Å². The molecule has 0 heterocycles. The lowest BCUT2D eigenvalue weighted by Crippen LogP contribution is -2.35. The van der Waals surface area contributed by atoms with E-state index in [1.807, 2.05) is 0 Å². The van der Waals surface area contributed by atoms with Gasteiger partial charge < -0.3 is 14.1 Å². The maximum Gasteiger partial charge on any atom is 0.472 e. The van der Waals surface area contributed by atoms with E-state index in [4.69, 9.17) is 13.8 Å². The number of esters is 1. The van der Waals surface area contributed by atoms with E-state index < -0.39 is 13.8 Å². The average Bonchev–Trinajstić information content (AvgIpc) is 2.36. The van der Waals surface area contributed by atoms with Crippen LogP contribution >= 0.6 is 7.82 Å². The van der Waals surface area contributed by atoms with E-state index >= 15 is 0 Å². The van der Waals surface area contributed by atoms with Crippen molar-refractivity contribution >= 4 is 13.8 Å². The van der Waals surface area contributed by atoms with Gasteiger partial charge in [0.1, 0.15) is 0 Å². The van der Waals surface area contributed by atoms with Crippen molar-refractivity contribution in [2.75, 3.05) is 47.5 Å². The second kappa shape index (κ2) is 10.9. The summed E-state index contributed by atoms with van der Waals surface area (Å²) in [7, 11) is 2.25. The molecule has 0 amide bonds. The molecule has 0 aromatic heterocycles. The summed E-state index contributed by atoms with van der Waals surface area (Å²) in [4.78, 5) is 20.5. The van der Waals surface area contributed by atoms with E-state index in [9.17, 15) is 14.3 Å². The van der Waals surface area contributed by atoms with Gasteiger partial charge in [-0.2, -0.15) is 0 Å². The molecule has 0 bridgehead atoms. The molecule has 0 aliphatic carbocycles. The highest BCUT2D eigenvalue weighted by atomic mass is 31.2. The molecule has 8 heteroatoms. The number of phosphoric ester groups is 1. The Hall–Kier alpha value is -0.720. The lowest BCUT2D eigenvalue weighted by Gasteiger charge is -2.23. The number of rotatable bonds is 12. The molecule has 1 unspecified atom stereocenters. The Labute approximate surface area is 133 Å². The Kier molecular flexibility index (Phi) is 10.6. The summed E-state index contributed by atoms with van der Waals surface area (Å²) in [5, 5.41) is 0. The fourth-order valence-electron chi connectivity index (χ4n) is 1.50. The predicted octanol–water partition coefficient (Wildman–Crippen LogP) is 2.12. The van der Waals surface area contributed by atoms with Gasteiger partial charge in [0.2, 0.25) is 0 Å². The summed E-state index contributed by atoms with van der Waals surface area (Å²) < 4.78 is 26.9. The Morgan fingerprint density at radius 1 is 1.09 bits per heavy atom. The van der Waals surface area contributed by atoms with E-state index in [1.54, 1.807) is 13.0 Å². The first-order valence-corrected chi connectivity index (χ1v) is 8.87. The molecule has 0 saturated carbocycles. The molecule has 0 fully saturated rings. The zero-order valence-corrected chi connectivity index (χ0v) is 14.9. The van der Waals surface area contributed by atoms with Gasteiger partial charge >= 0.3 is 13.8 Å². The average molecular weight is 338 g/mol. The predicted molar refractivity (Wildman–Crippen MR) is 84.3 cm³/mol. The molecule has 0 aliphatic rings. The van der Waals surface area contributed by atoms with Gasteiger partial charge in [-0.05, 0) is 19.8 Å². The normalized spacial score (nSPS) is 15.0. The fourth-order valence-corrected chi connectivity index (χ4v) is 2.30. The molecule has 130 valence electrons. The third kappa shape index (κ3) is 14.2. The number of nitrogens with zero attached hydrogens (tertiary/aromatic N) is 1. The number of allylic oxidation sites excluding steroid dienone is 1. The minimum Gasteiger partial charge on any atom is -0.462 e. The molecule has 0 spiro atoms. The molecule has 1 atom stereocenters. The second-order valence-corrected chi connectivity index (χ2v) is 7.33. The van der Waals surface area contributed by atoms with Gasteiger partial charge in [0.15, 0.2) is 0 Å². The lowest BCUT2D eigenvalue weighted by molar-refractivity contribution is -0.870. The molecule has 0 aliphatic heterocycles. The summed E-state index contributed by atoms with van der Waals surface area (Å²) >= 11 is 0. The van der Waals surface area contributed by atoms with Crippen LogP contribution in [0.2, 0.25) is 0 Å². The number of unbranched alkanes of at least 4 members (excludes halogenated alkanes) is 1. The van der Waals surface area contributed by atoms with Crippen molar-refractivity contribution in [2.24, 2.45) is 0 Å². The van der Waals surface area contributed by atoms with Gasteiger partial charge in [-0.25, -0.2) is 9.36 Å². The Morgan fingerprint density at radius 2 is 1.68 bits per heavy atom. The highest BCUT2D eigenvalue weighted by Crippen LogP contribution is 2.43. The van der Waals surface area contributed by atoms with Crippen LogP contribution in [0.4, 0.5) is 0 Å². The van der Waals surface area contributed by atoms with Crippen LogP contribution in [0.15, 0.2) is 12.2 Å². The van der Waals surface area contributed by atoms with Crippen LogP contribution in [0.1, 0.15) is 26.2 Å². The first kappa shape index (κ1) is 21.3. The molecule has 0 aromatic rings. The zero-order chi connectivity index (χ0) is 17.1. The van der Waals surface area contributed by atoms with Crippen LogP contribution in [-0.4, -0.2) is 62.9 Å². The third-order valence-corrected chi connectivity index (χ3v) is 3.59. The van der Waals surface area contributed by atoms with E-state index in [0.29, 0.717) is 12.8 Å². The topological polar surface area (TPSA) is 82.1 Å². The van der Waals surface area contributed by atoms with Gasteiger partial charge in [0.25, 0.3) is 0 Å². The van der Waals surface area contributed by atoms with Crippen LogP contribution in [0.25, 0.3) is 0 Å². The van der Waals surface area contributed by atoms with Crippen molar-refractivity contribution in [2.45, 2.75) is 26.2 Å². The Bertz CT molecular complexity index is 391. The second-order valence-electron chi connectivity index (χ2n) is 5.88. The Balaban J connectivity index is 3.65. The highest BCUT2D eigenvalue weighted by Gasteiger charge is 2.20. The number of carbonyl (C=O) groups is 1. The molecule has 22 heavy (non-hydrogen) atoms. The number of hydrogen-bond donors (Lipinski definition) is 1. The van der Waals surface area contributed by atoms with E-state index in [1.165, 1.54) is 6.08 Å². The summed E-state index contributed by atoms with van der Waals surface area (Å²) in [5.41, 5.74) is 0. The van der Waals surface area contributed by atoms with Crippen LogP contribution in [-0.2, 0) is 23.1 Å². The molecular weight excluding hydrogens is 309 g/mol. The summed E-state index contributed by atoms with van der Waals surface area (Å²) in [6, 6.07) is 0. The van der Waals surface area contributed by atoms with Crippen molar-refractivity contribution in [3.05, 3.63) is 12.2 Å². The number of phosphoric acid groups is 1. The summed E-state index contributed by atoms with van der Waals surface area (Å²) in [6.07, 6.45) is 4.82.